The Labute approximate surface area is 69.9 Å². The molecule has 0 N–H and O–H groups in total. The van der Waals surface area contributed by atoms with Gasteiger partial charge in [0.2, 0.25) is 0 Å². The van der Waals surface area contributed by atoms with Crippen LogP contribution in [0, 0.1) is 5.92 Å². The van der Waals surface area contributed by atoms with Crippen molar-refractivity contribution in [1.29, 1.82) is 0 Å². The molecule has 0 spiro atoms. The maximum Gasteiger partial charge on any atom is 0.0480 e. The van der Waals surface area contributed by atoms with Crippen molar-refractivity contribution in [2.45, 2.75) is 20.3 Å². The summed E-state index contributed by atoms with van der Waals surface area (Å²) in [7, 11) is 3.24. The van der Waals surface area contributed by atoms with Gasteiger partial charge in [0.25, 0.3) is 0 Å². The molecule has 0 aromatic carbocycles. The largest absolute Gasteiger partial charge is 0.212 e. The Morgan fingerprint density at radius 1 is 1.60 bits per heavy atom. The average Bonchev–Trinajstić information content (AvgIpc) is 1.88. The van der Waals surface area contributed by atoms with Gasteiger partial charge in [0.1, 0.15) is 0 Å². The highest BCUT2D eigenvalue weighted by Crippen LogP contribution is 2.30. The minimum atomic E-state index is 0.737. The van der Waals surface area contributed by atoms with Crippen LogP contribution >= 0.6 is 21.8 Å². The van der Waals surface area contributed by atoms with E-state index in [1.807, 2.05) is 6.21 Å². The summed E-state index contributed by atoms with van der Waals surface area (Å²) in [5.41, 5.74) is 1.36. The molecule has 0 saturated heterocycles. The molecule has 0 amide bonds. The predicted molar refractivity (Wildman–Crippen MR) is 51.2 cm³/mol. The second kappa shape index (κ2) is 4.09. The molecule has 0 aromatic heterocycles. The second-order valence-corrected chi connectivity index (χ2v) is 4.51. The number of rotatable bonds is 2. The lowest BCUT2D eigenvalue weighted by Crippen LogP contribution is -1.92. The fraction of sp³-hybridized carbons (Fsp3) is 0.571. The van der Waals surface area contributed by atoms with Crippen molar-refractivity contribution in [3.8, 4) is 0 Å². The zero-order chi connectivity index (χ0) is 7.40. The van der Waals surface area contributed by atoms with Gasteiger partial charge in [-0.05, 0) is 34.1 Å². The molecule has 0 aliphatic carbocycles. The monoisotopic (exact) mass is 173 g/mol. The highest BCUT2D eigenvalue weighted by molar-refractivity contribution is 8.77. The molecular weight excluding hydrogens is 162 g/mol. The van der Waals surface area contributed by atoms with Crippen LogP contribution in [0.2, 0.25) is 0 Å². The van der Waals surface area contributed by atoms with Crippen LogP contribution in [-0.4, -0.2) is 6.21 Å². The quantitative estimate of drug-likeness (QED) is 0.469. The van der Waals surface area contributed by atoms with Gasteiger partial charge in [-0.1, -0.05) is 13.8 Å². The van der Waals surface area contributed by atoms with Gasteiger partial charge in [0.05, 0.1) is 0 Å². The number of allylic oxidation sites excluding steroid dienone is 1. The molecule has 3 heteroatoms. The maximum atomic E-state index is 4.10. The van der Waals surface area contributed by atoms with Crippen molar-refractivity contribution in [2.24, 2.45) is 10.3 Å². The molecule has 1 aliphatic heterocycles. The molecule has 1 nitrogen and oxygen atoms in total. The van der Waals surface area contributed by atoms with Gasteiger partial charge in [-0.3, -0.25) is 0 Å². The minimum absolute atomic E-state index is 0.737. The van der Waals surface area contributed by atoms with E-state index in [-0.39, 0.29) is 0 Å². The van der Waals surface area contributed by atoms with E-state index in [1.54, 1.807) is 10.8 Å². The van der Waals surface area contributed by atoms with E-state index in [4.69, 9.17) is 0 Å². The van der Waals surface area contributed by atoms with E-state index in [1.165, 1.54) is 16.6 Å². The Bertz CT molecular complexity index is 161. The van der Waals surface area contributed by atoms with Crippen LogP contribution in [0.1, 0.15) is 20.3 Å². The van der Waals surface area contributed by atoms with Crippen molar-refractivity contribution in [1.82, 2.24) is 0 Å². The van der Waals surface area contributed by atoms with E-state index >= 15 is 0 Å². The molecular formula is C7H11NS2. The topological polar surface area (TPSA) is 12.4 Å². The summed E-state index contributed by atoms with van der Waals surface area (Å²) in [5.74, 6) is 0.737. The molecule has 0 bridgehead atoms. The second-order valence-electron chi connectivity index (χ2n) is 2.70. The van der Waals surface area contributed by atoms with Gasteiger partial charge in [0.15, 0.2) is 0 Å². The molecule has 0 radical (unpaired) electrons. The first-order chi connectivity index (χ1) is 4.79. The highest BCUT2D eigenvalue weighted by Gasteiger charge is 2.01. The summed E-state index contributed by atoms with van der Waals surface area (Å²) < 4.78 is 4.10. The number of nitrogens with zero attached hydrogens (tertiary/aromatic N) is 1. The molecule has 56 valence electrons. The van der Waals surface area contributed by atoms with E-state index in [0.717, 1.165) is 12.3 Å². The van der Waals surface area contributed by atoms with Gasteiger partial charge in [0, 0.05) is 17.2 Å². The Balaban J connectivity index is 2.40. The molecule has 0 saturated carbocycles. The Morgan fingerprint density at radius 3 is 2.90 bits per heavy atom. The number of hydrogen-bond donors (Lipinski definition) is 0. The van der Waals surface area contributed by atoms with Crippen LogP contribution in [0.4, 0.5) is 0 Å². The van der Waals surface area contributed by atoms with Gasteiger partial charge >= 0.3 is 0 Å². The molecule has 0 atom stereocenters. The van der Waals surface area contributed by atoms with Gasteiger partial charge in [-0.15, -0.1) is 0 Å². The van der Waals surface area contributed by atoms with Crippen molar-refractivity contribution in [2.75, 3.05) is 0 Å². The lowest BCUT2D eigenvalue weighted by atomic mass is 10.1. The van der Waals surface area contributed by atoms with Crippen LogP contribution in [-0.2, 0) is 0 Å². The molecule has 0 aromatic rings. The van der Waals surface area contributed by atoms with Crippen LogP contribution in [0.15, 0.2) is 15.4 Å². The van der Waals surface area contributed by atoms with Crippen molar-refractivity contribution in [3.63, 3.8) is 0 Å². The fourth-order valence-corrected chi connectivity index (χ4v) is 2.13. The smallest absolute Gasteiger partial charge is 0.0480 e. The average molecular weight is 173 g/mol. The van der Waals surface area contributed by atoms with Gasteiger partial charge in [-0.25, -0.2) is 4.40 Å². The molecule has 10 heavy (non-hydrogen) atoms. The Kier molecular flexibility index (Phi) is 3.35. The molecule has 0 fully saturated rings. The van der Waals surface area contributed by atoms with Crippen LogP contribution in [0.3, 0.4) is 0 Å². The molecule has 1 rings (SSSR count). The lowest BCUT2D eigenvalue weighted by molar-refractivity contribution is 0.656. The summed E-state index contributed by atoms with van der Waals surface area (Å²) in [6.07, 6.45) is 3.11. The summed E-state index contributed by atoms with van der Waals surface area (Å²) in [4.78, 5) is 0. The van der Waals surface area contributed by atoms with Crippen LogP contribution < -0.4 is 0 Å². The SMILES string of the molecule is CC(C)CC1=CSSN=C1. The fourth-order valence-electron chi connectivity index (χ4n) is 0.800. The standard InChI is InChI=1S/C7H11NS2/c1-6(2)3-7-4-8-10-9-5-7/h4-6H,3H2,1-2H3. The first kappa shape index (κ1) is 8.21. The highest BCUT2D eigenvalue weighted by atomic mass is 33.1. The summed E-state index contributed by atoms with van der Waals surface area (Å²) in [5, 5.41) is 2.18. The first-order valence-corrected chi connectivity index (χ1v) is 5.51. The van der Waals surface area contributed by atoms with Crippen LogP contribution in [0.25, 0.3) is 0 Å². The maximum absolute atomic E-state index is 4.10. The molecule has 0 unspecified atom stereocenters. The summed E-state index contributed by atoms with van der Waals surface area (Å²) in [6.45, 7) is 4.45. The summed E-state index contributed by atoms with van der Waals surface area (Å²) in [6, 6.07) is 0. The summed E-state index contributed by atoms with van der Waals surface area (Å²) >= 11 is 0. The zero-order valence-corrected chi connectivity index (χ0v) is 7.84. The van der Waals surface area contributed by atoms with E-state index in [0.29, 0.717) is 0 Å². The normalized spacial score (nSPS) is 17.7. The van der Waals surface area contributed by atoms with E-state index < -0.39 is 0 Å². The zero-order valence-electron chi connectivity index (χ0n) is 6.20. The molecule has 1 heterocycles. The van der Waals surface area contributed by atoms with E-state index in [2.05, 4.69) is 23.7 Å². The van der Waals surface area contributed by atoms with Crippen molar-refractivity contribution >= 4 is 28.0 Å². The van der Waals surface area contributed by atoms with Gasteiger partial charge in [-0.2, -0.15) is 0 Å². The van der Waals surface area contributed by atoms with Crippen molar-refractivity contribution < 1.29 is 0 Å². The lowest BCUT2D eigenvalue weighted by Gasteiger charge is -2.06. The predicted octanol–water partition coefficient (Wildman–Crippen LogP) is 3.30. The molecule has 1 aliphatic rings. The Hall–Kier alpha value is 0.110. The Morgan fingerprint density at radius 2 is 2.40 bits per heavy atom. The van der Waals surface area contributed by atoms with Crippen molar-refractivity contribution in [3.05, 3.63) is 11.0 Å². The van der Waals surface area contributed by atoms with E-state index in [9.17, 15) is 0 Å². The van der Waals surface area contributed by atoms with Gasteiger partial charge < -0.3 is 0 Å². The minimum Gasteiger partial charge on any atom is -0.212 e. The third kappa shape index (κ3) is 2.80. The van der Waals surface area contributed by atoms with Crippen LogP contribution in [0.5, 0.6) is 0 Å². The first-order valence-electron chi connectivity index (χ1n) is 3.34. The third-order valence-electron chi connectivity index (χ3n) is 1.15. The third-order valence-corrected chi connectivity index (χ3v) is 2.63. The number of hydrogen-bond acceptors (Lipinski definition) is 3.